The minimum Gasteiger partial charge on any atom is -0.490 e. The smallest absolute Gasteiger partial charge is 0.353 e. The quantitative estimate of drug-likeness (QED) is 0.0400. The number of halogens is 1. The van der Waals surface area contributed by atoms with Crippen LogP contribution < -0.4 is 34.9 Å². The molecule has 4 N–H and O–H groups in total. The molecule has 64 heavy (non-hydrogen) atoms. The number of hydrogen-bond acceptors (Lipinski definition) is 10. The first-order valence-electron chi connectivity index (χ1n) is 22.5. The van der Waals surface area contributed by atoms with Gasteiger partial charge in [-0.2, -0.15) is 0 Å². The van der Waals surface area contributed by atoms with E-state index in [1.165, 1.54) is 4.90 Å². The Balaban J connectivity index is 1.47. The number of hydrogen-bond donors (Lipinski definition) is 4. The lowest BCUT2D eigenvalue weighted by Crippen LogP contribution is -2.72. The molecule has 0 aromatic heterocycles. The van der Waals surface area contributed by atoms with Gasteiger partial charge >= 0.3 is 5.97 Å². The van der Waals surface area contributed by atoms with Gasteiger partial charge < -0.3 is 44.9 Å². The van der Waals surface area contributed by atoms with Gasteiger partial charge in [0.25, 0.3) is 17.7 Å². The van der Waals surface area contributed by atoms with Crippen molar-refractivity contribution < 1.29 is 52.8 Å². The third-order valence-electron chi connectivity index (χ3n) is 10.7. The molecule has 0 saturated carbocycles. The van der Waals surface area contributed by atoms with E-state index in [1.807, 2.05) is 13.8 Å². The Morgan fingerprint density at radius 2 is 1.36 bits per heavy atom. The molecule has 1 fully saturated rings. The van der Waals surface area contributed by atoms with Gasteiger partial charge in [0.15, 0.2) is 23.0 Å². The summed E-state index contributed by atoms with van der Waals surface area (Å²) in [4.78, 5) is 82.0. The third kappa shape index (κ3) is 14.2. The highest BCUT2D eigenvalue weighted by Crippen LogP contribution is 2.38. The fraction of sp³-hybridized carbons (Fsp3) is 0.565. The molecular weight excluding hydrogens is 865 g/mol. The van der Waals surface area contributed by atoms with E-state index in [0.717, 1.165) is 56.3 Å². The molecule has 4 atom stereocenters. The first kappa shape index (κ1) is 51.6. The molecule has 5 amide bonds. The predicted octanol–water partition coefficient (Wildman–Crippen LogP) is 6.40. The largest absolute Gasteiger partial charge is 0.490 e. The molecule has 0 radical (unpaired) electrons. The maximum Gasteiger partial charge on any atom is 0.353 e. The van der Waals surface area contributed by atoms with Crippen molar-refractivity contribution in [1.82, 2.24) is 25.8 Å². The number of carbonyl (C=O) groups excluding carboxylic acids is 5. The fourth-order valence-corrected chi connectivity index (χ4v) is 7.62. The van der Waals surface area contributed by atoms with Gasteiger partial charge in [-0.05, 0) is 75.6 Å². The van der Waals surface area contributed by atoms with Crippen LogP contribution in [-0.2, 0) is 19.2 Å². The monoisotopic (exact) mass is 929 g/mol. The summed E-state index contributed by atoms with van der Waals surface area (Å²) in [6, 6.07) is 8.71. The summed E-state index contributed by atoms with van der Waals surface area (Å²) >= 11 is 6.10. The van der Waals surface area contributed by atoms with E-state index in [9.17, 15) is 33.9 Å². The Morgan fingerprint density at radius 1 is 0.812 bits per heavy atom. The average Bonchev–Trinajstić information content (AvgIpc) is 3.27. The normalized spacial score (nSPS) is 15.9. The van der Waals surface area contributed by atoms with Crippen LogP contribution in [0.25, 0.3) is 0 Å². The number of allylic oxidation sites excluding steroid dienone is 1. The SMILES string of the molecule is CCCCOc1cccc(C(=O)NCCCCN(CC(=O)N[C@H](P)C(=O)N[C@@H]2C(=O)N3C(C(=O)O)=C(Cl)CC[C@H]23)C(=O)c2cccc(OCCCC)c2OCCCC)c1OCCCC. The summed E-state index contributed by atoms with van der Waals surface area (Å²) in [5.41, 5.74) is 0.265. The Bertz CT molecular complexity index is 1970. The summed E-state index contributed by atoms with van der Waals surface area (Å²) < 4.78 is 24.2. The summed E-state index contributed by atoms with van der Waals surface area (Å²) in [5.74, 6) is -3.72. The maximum atomic E-state index is 14.5. The number of amides is 5. The highest BCUT2D eigenvalue weighted by atomic mass is 35.5. The van der Waals surface area contributed by atoms with Gasteiger partial charge in [-0.15, -0.1) is 9.24 Å². The lowest BCUT2D eigenvalue weighted by Gasteiger charge is -2.49. The topological polar surface area (TPSA) is 202 Å². The number of carbonyl (C=O) groups is 6. The molecule has 2 aromatic carbocycles. The predicted molar refractivity (Wildman–Crippen MR) is 246 cm³/mol. The number of nitrogens with zero attached hydrogens (tertiary/aromatic N) is 2. The van der Waals surface area contributed by atoms with E-state index in [2.05, 4.69) is 39.0 Å². The molecule has 0 aliphatic carbocycles. The Morgan fingerprint density at radius 3 is 1.92 bits per heavy atom. The molecule has 352 valence electrons. The van der Waals surface area contributed by atoms with Crippen LogP contribution in [0.3, 0.4) is 0 Å². The van der Waals surface area contributed by atoms with Crippen LogP contribution in [0.4, 0.5) is 0 Å². The zero-order chi connectivity index (χ0) is 46.6. The molecule has 0 bridgehead atoms. The number of nitrogens with one attached hydrogen (secondary N) is 3. The Labute approximate surface area is 383 Å². The van der Waals surface area contributed by atoms with Crippen molar-refractivity contribution >= 4 is 56.3 Å². The fourth-order valence-electron chi connectivity index (χ4n) is 7.06. The van der Waals surface area contributed by atoms with E-state index in [4.69, 9.17) is 30.5 Å². The molecular formula is C46H65ClN5O11P. The second kappa shape index (κ2) is 26.6. The van der Waals surface area contributed by atoms with Crippen LogP contribution in [0.1, 0.15) is 125 Å². The maximum absolute atomic E-state index is 14.5. The number of rotatable bonds is 29. The van der Waals surface area contributed by atoms with E-state index >= 15 is 0 Å². The van der Waals surface area contributed by atoms with Gasteiger partial charge in [0.05, 0.1) is 50.1 Å². The van der Waals surface area contributed by atoms with E-state index in [0.29, 0.717) is 68.5 Å². The van der Waals surface area contributed by atoms with Crippen molar-refractivity contribution in [2.45, 2.75) is 123 Å². The van der Waals surface area contributed by atoms with Crippen molar-refractivity contribution in [3.8, 4) is 23.0 Å². The standard InChI is InChI=1S/C46H65ClN5O11P/c1-5-9-25-60-34-19-15-17-30(39(34)62-27-11-7-3)41(54)48-23-13-14-24-51(44(56)31-18-16-20-35(61-26-10-6-2)40(31)63-28-12-8-4)29-36(53)49-43(64)42(55)50-37-33-22-21-32(47)38(46(58)59)52(33)45(37)57/h15-20,33,37,43H,5-14,21-29,64H2,1-4H3,(H,48,54)(H,49,53)(H,50,55)(H,58,59)/t33-,37+,43-/m1/s1. The number of unbranched alkanes of at least 4 members (excludes halogenated alkanes) is 5. The second-order valence-corrected chi connectivity index (χ2v) is 16.8. The first-order valence-corrected chi connectivity index (χ1v) is 23.6. The number of carboxylic acid groups (broad SMARTS) is 1. The summed E-state index contributed by atoms with van der Waals surface area (Å²) in [6.45, 7) is 9.83. The molecule has 0 spiro atoms. The highest BCUT2D eigenvalue weighted by Gasteiger charge is 2.53. The van der Waals surface area contributed by atoms with Crippen molar-refractivity contribution in [2.24, 2.45) is 0 Å². The zero-order valence-electron chi connectivity index (χ0n) is 37.5. The summed E-state index contributed by atoms with van der Waals surface area (Å²) in [6.07, 6.45) is 8.30. The lowest BCUT2D eigenvalue weighted by molar-refractivity contribution is -0.155. The molecule has 1 saturated heterocycles. The van der Waals surface area contributed by atoms with Crippen molar-refractivity contribution in [3.05, 3.63) is 58.3 Å². The van der Waals surface area contributed by atoms with Gasteiger partial charge in [-0.25, -0.2) is 4.79 Å². The number of fused-ring (bicyclic) bond motifs is 1. The minimum absolute atomic E-state index is 0.0634. The number of benzene rings is 2. The second-order valence-electron chi connectivity index (χ2n) is 15.7. The molecule has 2 aliphatic rings. The van der Waals surface area contributed by atoms with Crippen LogP contribution in [-0.4, -0.2) is 114 Å². The molecule has 18 heteroatoms. The average molecular weight is 930 g/mol. The van der Waals surface area contributed by atoms with Crippen LogP contribution in [0.2, 0.25) is 0 Å². The van der Waals surface area contributed by atoms with Gasteiger partial charge in [-0.1, -0.05) is 77.1 Å². The number of carboxylic acids is 1. The molecule has 4 rings (SSSR count). The summed E-state index contributed by atoms with van der Waals surface area (Å²) in [7, 11) is 2.23. The number of para-hydroxylation sites is 2. The number of aliphatic carboxylic acids is 1. The lowest BCUT2D eigenvalue weighted by atomic mass is 9.86. The van der Waals surface area contributed by atoms with Crippen LogP contribution in [0.5, 0.6) is 23.0 Å². The van der Waals surface area contributed by atoms with Gasteiger partial charge in [-0.3, -0.25) is 28.9 Å². The molecule has 2 aliphatic heterocycles. The van der Waals surface area contributed by atoms with Crippen LogP contribution in [0, 0.1) is 0 Å². The highest BCUT2D eigenvalue weighted by molar-refractivity contribution is 7.19. The van der Waals surface area contributed by atoms with E-state index in [-0.39, 0.29) is 47.5 Å². The van der Waals surface area contributed by atoms with E-state index < -0.39 is 54.0 Å². The molecule has 1 unspecified atom stereocenters. The van der Waals surface area contributed by atoms with Crippen molar-refractivity contribution in [1.29, 1.82) is 0 Å². The van der Waals surface area contributed by atoms with Gasteiger partial charge in [0, 0.05) is 18.1 Å². The van der Waals surface area contributed by atoms with E-state index in [1.54, 1.807) is 36.4 Å². The van der Waals surface area contributed by atoms with Gasteiger partial charge in [0.1, 0.15) is 17.5 Å². The summed E-state index contributed by atoms with van der Waals surface area (Å²) in [5, 5.41) is 17.8. The van der Waals surface area contributed by atoms with Gasteiger partial charge in [0.2, 0.25) is 11.8 Å². The van der Waals surface area contributed by atoms with Crippen LogP contribution in [0.15, 0.2) is 47.1 Å². The molecule has 2 aromatic rings. The Kier molecular flexibility index (Phi) is 21.5. The minimum atomic E-state index is -1.33. The zero-order valence-corrected chi connectivity index (χ0v) is 39.4. The number of ether oxygens (including phenoxy) is 4. The Hall–Kier alpha value is -5.08. The van der Waals surface area contributed by atoms with Crippen LogP contribution >= 0.6 is 20.8 Å². The first-order chi connectivity index (χ1) is 30.9. The molecule has 16 nitrogen and oxygen atoms in total. The van der Waals surface area contributed by atoms with Crippen molar-refractivity contribution in [2.75, 3.05) is 46.1 Å². The number of β-lactam (4-membered cyclic amide) rings is 1. The van der Waals surface area contributed by atoms with Crippen molar-refractivity contribution in [3.63, 3.8) is 0 Å². The molecule has 2 heterocycles. The third-order valence-corrected chi connectivity index (χ3v) is 11.5.